The van der Waals surface area contributed by atoms with E-state index in [0.717, 1.165) is 35.0 Å². The van der Waals surface area contributed by atoms with Crippen molar-refractivity contribution in [1.82, 2.24) is 4.90 Å². The Kier molecular flexibility index (Phi) is 4.42. The molecule has 1 heterocycles. The lowest BCUT2D eigenvalue weighted by Crippen LogP contribution is -2.18. The van der Waals surface area contributed by atoms with E-state index in [1.54, 1.807) is 6.26 Å². The fraction of sp³-hybridized carbons (Fsp3) is 0.286. The standard InChI is InChI=1S/C14H17ClN2O/c1-17(9-12-4-2-3-5-13(12)15)10-14-11(8-16)6-7-18-14/h2-7H,8-10,16H2,1H3. The quantitative estimate of drug-likeness (QED) is 0.903. The van der Waals surface area contributed by atoms with E-state index in [1.165, 1.54) is 0 Å². The SMILES string of the molecule is CN(Cc1ccccc1Cl)Cc1occc1CN. The Labute approximate surface area is 112 Å². The van der Waals surface area contributed by atoms with Gasteiger partial charge in [-0.2, -0.15) is 0 Å². The zero-order chi connectivity index (χ0) is 13.0. The molecular formula is C14H17ClN2O. The second-order valence-corrected chi connectivity index (χ2v) is 4.74. The molecule has 0 saturated carbocycles. The fourth-order valence-electron chi connectivity index (χ4n) is 1.91. The smallest absolute Gasteiger partial charge is 0.122 e. The van der Waals surface area contributed by atoms with Crippen molar-refractivity contribution in [3.8, 4) is 0 Å². The lowest BCUT2D eigenvalue weighted by atomic mass is 10.2. The second kappa shape index (κ2) is 6.05. The third-order valence-electron chi connectivity index (χ3n) is 2.87. The Morgan fingerprint density at radius 1 is 1.17 bits per heavy atom. The molecule has 0 atom stereocenters. The van der Waals surface area contributed by atoms with Gasteiger partial charge in [0.1, 0.15) is 5.76 Å². The van der Waals surface area contributed by atoms with Crippen molar-refractivity contribution < 1.29 is 4.42 Å². The summed E-state index contributed by atoms with van der Waals surface area (Å²) in [5.74, 6) is 0.923. The van der Waals surface area contributed by atoms with Gasteiger partial charge in [-0.3, -0.25) is 4.90 Å². The molecule has 3 nitrogen and oxygen atoms in total. The van der Waals surface area contributed by atoms with Gasteiger partial charge in [-0.1, -0.05) is 29.8 Å². The highest BCUT2D eigenvalue weighted by Crippen LogP contribution is 2.18. The predicted octanol–water partition coefficient (Wildman–Crippen LogP) is 3.02. The van der Waals surface area contributed by atoms with Crippen molar-refractivity contribution in [3.05, 3.63) is 58.5 Å². The molecule has 0 bridgehead atoms. The molecule has 0 amide bonds. The van der Waals surface area contributed by atoms with Crippen LogP contribution in [0.15, 0.2) is 41.0 Å². The second-order valence-electron chi connectivity index (χ2n) is 4.34. The molecule has 0 saturated heterocycles. The molecule has 2 N–H and O–H groups in total. The van der Waals surface area contributed by atoms with E-state index >= 15 is 0 Å². The minimum absolute atomic E-state index is 0.506. The molecule has 0 spiro atoms. The van der Waals surface area contributed by atoms with E-state index in [2.05, 4.69) is 4.90 Å². The third kappa shape index (κ3) is 3.13. The summed E-state index contributed by atoms with van der Waals surface area (Å²) in [6, 6.07) is 9.78. The van der Waals surface area contributed by atoms with Crippen LogP contribution in [0, 0.1) is 0 Å². The average Bonchev–Trinajstić information content (AvgIpc) is 2.79. The molecule has 0 radical (unpaired) electrons. The Balaban J connectivity index is 2.01. The van der Waals surface area contributed by atoms with Crippen LogP contribution in [-0.2, 0) is 19.6 Å². The summed E-state index contributed by atoms with van der Waals surface area (Å²) >= 11 is 6.14. The maximum absolute atomic E-state index is 6.14. The molecule has 0 unspecified atom stereocenters. The maximum Gasteiger partial charge on any atom is 0.122 e. The predicted molar refractivity (Wildman–Crippen MR) is 73.2 cm³/mol. The van der Waals surface area contributed by atoms with Crippen LogP contribution in [0.25, 0.3) is 0 Å². The minimum atomic E-state index is 0.506. The van der Waals surface area contributed by atoms with Crippen molar-refractivity contribution >= 4 is 11.6 Å². The lowest BCUT2D eigenvalue weighted by Gasteiger charge is -2.16. The zero-order valence-electron chi connectivity index (χ0n) is 10.4. The van der Waals surface area contributed by atoms with Crippen LogP contribution in [0.4, 0.5) is 0 Å². The molecule has 0 aliphatic carbocycles. The summed E-state index contributed by atoms with van der Waals surface area (Å²) in [6.07, 6.45) is 1.68. The van der Waals surface area contributed by atoms with Crippen molar-refractivity contribution in [1.29, 1.82) is 0 Å². The van der Waals surface area contributed by atoms with Gasteiger partial charge in [-0.05, 0) is 24.7 Å². The fourth-order valence-corrected chi connectivity index (χ4v) is 2.10. The summed E-state index contributed by atoms with van der Waals surface area (Å²) in [6.45, 7) is 2.01. The number of furan rings is 1. The largest absolute Gasteiger partial charge is 0.468 e. The molecule has 1 aromatic heterocycles. The maximum atomic E-state index is 6.14. The summed E-state index contributed by atoms with van der Waals surface area (Å²) in [7, 11) is 2.03. The summed E-state index contributed by atoms with van der Waals surface area (Å²) in [4.78, 5) is 2.15. The van der Waals surface area contributed by atoms with E-state index in [1.807, 2.05) is 37.4 Å². The topological polar surface area (TPSA) is 42.4 Å². The highest BCUT2D eigenvalue weighted by Gasteiger charge is 2.09. The van der Waals surface area contributed by atoms with Gasteiger partial charge in [-0.25, -0.2) is 0 Å². The lowest BCUT2D eigenvalue weighted by molar-refractivity contribution is 0.286. The van der Waals surface area contributed by atoms with E-state index in [9.17, 15) is 0 Å². The molecule has 1 aromatic carbocycles. The highest BCUT2D eigenvalue weighted by molar-refractivity contribution is 6.31. The Hall–Kier alpha value is -1.29. The van der Waals surface area contributed by atoms with Crippen molar-refractivity contribution in [2.45, 2.75) is 19.6 Å². The third-order valence-corrected chi connectivity index (χ3v) is 3.24. The van der Waals surface area contributed by atoms with Crippen molar-refractivity contribution in [2.75, 3.05) is 7.05 Å². The van der Waals surface area contributed by atoms with Crippen molar-refractivity contribution in [3.63, 3.8) is 0 Å². The Morgan fingerprint density at radius 3 is 2.67 bits per heavy atom. The van der Waals surface area contributed by atoms with Crippen LogP contribution in [0.5, 0.6) is 0 Å². The molecule has 18 heavy (non-hydrogen) atoms. The summed E-state index contributed by atoms with van der Waals surface area (Å²) in [5, 5.41) is 0.794. The highest BCUT2D eigenvalue weighted by atomic mass is 35.5. The molecule has 2 rings (SSSR count). The van der Waals surface area contributed by atoms with Crippen LogP contribution in [-0.4, -0.2) is 11.9 Å². The minimum Gasteiger partial charge on any atom is -0.468 e. The van der Waals surface area contributed by atoms with Gasteiger partial charge in [0.05, 0.1) is 12.8 Å². The number of hydrogen-bond acceptors (Lipinski definition) is 3. The molecule has 96 valence electrons. The van der Waals surface area contributed by atoms with Gasteiger partial charge >= 0.3 is 0 Å². The molecule has 0 aliphatic heterocycles. The first kappa shape index (κ1) is 13.1. The van der Waals surface area contributed by atoms with Gasteiger partial charge in [0, 0.05) is 23.7 Å². The first-order valence-corrected chi connectivity index (χ1v) is 6.25. The normalized spacial score (nSPS) is 11.1. The summed E-state index contributed by atoms with van der Waals surface area (Å²) in [5.41, 5.74) is 7.82. The van der Waals surface area contributed by atoms with Gasteiger partial charge in [0.2, 0.25) is 0 Å². The number of halogens is 1. The van der Waals surface area contributed by atoms with E-state index < -0.39 is 0 Å². The van der Waals surface area contributed by atoms with Crippen LogP contribution in [0.3, 0.4) is 0 Å². The number of nitrogens with zero attached hydrogens (tertiary/aromatic N) is 1. The number of rotatable bonds is 5. The monoisotopic (exact) mass is 264 g/mol. The summed E-state index contributed by atoms with van der Waals surface area (Å²) < 4.78 is 5.44. The van der Waals surface area contributed by atoms with Crippen LogP contribution in [0.2, 0.25) is 5.02 Å². The van der Waals surface area contributed by atoms with Crippen molar-refractivity contribution in [2.24, 2.45) is 5.73 Å². The molecule has 0 fully saturated rings. The molecule has 4 heteroatoms. The van der Waals surface area contributed by atoms with Gasteiger partial charge in [0.15, 0.2) is 0 Å². The zero-order valence-corrected chi connectivity index (χ0v) is 11.2. The molecular weight excluding hydrogens is 248 g/mol. The Morgan fingerprint density at radius 2 is 1.94 bits per heavy atom. The van der Waals surface area contributed by atoms with Crippen LogP contribution < -0.4 is 5.73 Å². The molecule has 0 aliphatic rings. The Bertz CT molecular complexity index is 510. The van der Waals surface area contributed by atoms with E-state index in [4.69, 9.17) is 21.8 Å². The van der Waals surface area contributed by atoms with Crippen LogP contribution >= 0.6 is 11.6 Å². The average molecular weight is 265 g/mol. The van der Waals surface area contributed by atoms with Gasteiger partial charge in [0.25, 0.3) is 0 Å². The molecule has 2 aromatic rings. The first-order valence-electron chi connectivity index (χ1n) is 5.88. The van der Waals surface area contributed by atoms with Gasteiger partial charge < -0.3 is 10.2 Å². The first-order chi connectivity index (χ1) is 8.70. The number of benzene rings is 1. The number of nitrogens with two attached hydrogens (primary N) is 1. The van der Waals surface area contributed by atoms with E-state index in [0.29, 0.717) is 6.54 Å². The van der Waals surface area contributed by atoms with Crippen LogP contribution in [0.1, 0.15) is 16.9 Å². The number of hydrogen-bond donors (Lipinski definition) is 1. The van der Waals surface area contributed by atoms with Gasteiger partial charge in [-0.15, -0.1) is 0 Å². The van der Waals surface area contributed by atoms with E-state index in [-0.39, 0.29) is 0 Å².